The topological polar surface area (TPSA) is 159 Å². The van der Waals surface area contributed by atoms with Gasteiger partial charge in [0.2, 0.25) is 5.69 Å². The molecular weight excluding hydrogens is 432 g/mol. The molecule has 0 saturated heterocycles. The smallest absolute Gasteiger partial charge is 0.618 e. The van der Waals surface area contributed by atoms with Crippen molar-refractivity contribution in [1.29, 1.82) is 0 Å². The van der Waals surface area contributed by atoms with Gasteiger partial charge in [0.1, 0.15) is 5.97 Å². The molecule has 3 heterocycles. The second-order valence-corrected chi connectivity index (χ2v) is 5.14. The summed E-state index contributed by atoms with van der Waals surface area (Å²) < 4.78 is 0.245. The molecule has 1 aromatic carbocycles. The third-order valence-electron chi connectivity index (χ3n) is 3.38. The molecule has 29 heavy (non-hydrogen) atoms. The predicted octanol–water partition coefficient (Wildman–Crippen LogP) is 1.22. The van der Waals surface area contributed by atoms with E-state index in [2.05, 4.69) is 34.2 Å². The van der Waals surface area contributed by atoms with E-state index in [1.165, 1.54) is 18.2 Å². The molecule has 0 bridgehead atoms. The van der Waals surface area contributed by atoms with Crippen LogP contribution in [0.25, 0.3) is 21.8 Å². The molecule has 3 aromatic heterocycles. The number of aromatic nitrogens is 3. The summed E-state index contributed by atoms with van der Waals surface area (Å²) in [6, 6.07) is 16.2. The third-order valence-corrected chi connectivity index (χ3v) is 3.38. The molecule has 10 nitrogen and oxygen atoms in total. The Hall–Kier alpha value is -3.82. The first-order valence-electron chi connectivity index (χ1n) is 7.69. The van der Waals surface area contributed by atoms with Crippen molar-refractivity contribution in [2.75, 3.05) is 0 Å². The van der Waals surface area contributed by atoms with Crippen molar-refractivity contribution in [3.8, 4) is 0 Å². The number of rotatable bonds is 1. The van der Waals surface area contributed by atoms with Crippen LogP contribution in [0.5, 0.6) is 0 Å². The SMILES string of the molecule is O=C([O-])c1cccc[n+]1[O-].O=[N+]([O-])[O-].[Cu+2].c1cnc2c(c1)ccc1cccnc12. The normalized spacial score (nSPS) is 9.24. The van der Waals surface area contributed by atoms with Crippen LogP contribution in [0.15, 0.2) is 73.2 Å². The summed E-state index contributed by atoms with van der Waals surface area (Å²) >= 11 is 0. The number of fused-ring (bicyclic) bond motifs is 3. The van der Waals surface area contributed by atoms with Crippen molar-refractivity contribution < 1.29 is 36.8 Å². The first-order valence-corrected chi connectivity index (χ1v) is 7.69. The molecule has 151 valence electrons. The Morgan fingerprint density at radius 1 is 0.862 bits per heavy atom. The van der Waals surface area contributed by atoms with Gasteiger partial charge in [-0.3, -0.25) is 9.97 Å². The van der Waals surface area contributed by atoms with E-state index in [0.717, 1.165) is 28.0 Å². The van der Waals surface area contributed by atoms with E-state index in [1.807, 2.05) is 12.1 Å². The third kappa shape index (κ3) is 6.69. The van der Waals surface area contributed by atoms with Gasteiger partial charge in [0.05, 0.1) is 16.1 Å². The van der Waals surface area contributed by atoms with Gasteiger partial charge in [0.25, 0.3) is 0 Å². The second-order valence-electron chi connectivity index (χ2n) is 5.14. The van der Waals surface area contributed by atoms with Crippen molar-refractivity contribution in [2.45, 2.75) is 0 Å². The second kappa shape index (κ2) is 11.1. The number of carbonyl (C=O) groups excluding carboxylic acids is 1. The van der Waals surface area contributed by atoms with Gasteiger partial charge >= 0.3 is 17.1 Å². The van der Waals surface area contributed by atoms with Crippen LogP contribution in [0.1, 0.15) is 10.5 Å². The molecule has 0 unspecified atom stereocenters. The van der Waals surface area contributed by atoms with Gasteiger partial charge < -0.3 is 30.4 Å². The average molecular weight is 444 g/mol. The molecule has 0 spiro atoms. The minimum Gasteiger partial charge on any atom is -0.618 e. The first-order chi connectivity index (χ1) is 13.4. The number of carboxylic acid groups (broad SMARTS) is 1. The Bertz CT molecular complexity index is 1070. The van der Waals surface area contributed by atoms with Crippen LogP contribution < -0.4 is 9.84 Å². The molecular formula is C18H12CuN4O6. The van der Waals surface area contributed by atoms with Gasteiger partial charge in [-0.25, -0.2) is 0 Å². The molecule has 0 aliphatic rings. The fourth-order valence-corrected chi connectivity index (χ4v) is 2.27. The molecule has 0 aliphatic heterocycles. The Kier molecular flexibility index (Phi) is 8.90. The van der Waals surface area contributed by atoms with Gasteiger partial charge in [-0.1, -0.05) is 24.3 Å². The zero-order chi connectivity index (χ0) is 20.5. The number of benzene rings is 1. The van der Waals surface area contributed by atoms with Crippen LogP contribution in [-0.4, -0.2) is 21.0 Å². The minimum absolute atomic E-state index is 0. The van der Waals surface area contributed by atoms with Crippen molar-refractivity contribution >= 4 is 27.8 Å². The van der Waals surface area contributed by atoms with E-state index < -0.39 is 11.1 Å². The maximum atomic E-state index is 10.6. The van der Waals surface area contributed by atoms with Gasteiger partial charge in [0.15, 0.2) is 6.20 Å². The van der Waals surface area contributed by atoms with Crippen LogP contribution in [0, 0.1) is 20.5 Å². The largest absolute Gasteiger partial charge is 2.00 e. The average Bonchev–Trinajstić information content (AvgIpc) is 2.68. The quantitative estimate of drug-likeness (QED) is 0.106. The first kappa shape index (κ1) is 23.2. The zero-order valence-electron chi connectivity index (χ0n) is 14.5. The van der Waals surface area contributed by atoms with Crippen LogP contribution in [-0.2, 0) is 17.1 Å². The molecule has 0 aliphatic carbocycles. The summed E-state index contributed by atoms with van der Waals surface area (Å²) in [5, 5.41) is 37.7. The van der Waals surface area contributed by atoms with Crippen LogP contribution in [0.4, 0.5) is 0 Å². The number of nitrogens with zero attached hydrogens (tertiary/aromatic N) is 4. The van der Waals surface area contributed by atoms with Crippen LogP contribution in [0.3, 0.4) is 0 Å². The number of aromatic carboxylic acids is 1. The number of hydrogen-bond acceptors (Lipinski definition) is 8. The molecule has 0 atom stereocenters. The minimum atomic E-state index is -1.75. The van der Waals surface area contributed by atoms with E-state index in [4.69, 9.17) is 15.3 Å². The van der Waals surface area contributed by atoms with E-state index in [1.54, 1.807) is 12.4 Å². The van der Waals surface area contributed by atoms with Crippen molar-refractivity contribution in [3.63, 3.8) is 0 Å². The van der Waals surface area contributed by atoms with Crippen LogP contribution in [0.2, 0.25) is 0 Å². The Labute approximate surface area is 174 Å². The molecule has 0 fully saturated rings. The molecule has 4 aromatic rings. The number of pyridine rings is 3. The van der Waals surface area contributed by atoms with Crippen molar-refractivity contribution in [2.24, 2.45) is 0 Å². The standard InChI is InChI=1S/C12H8N2.C6H5NO3.Cu.NO3/c1-3-9-5-6-10-4-2-8-14-12(10)11(9)13-7-1;8-6(9)5-3-1-2-4-7(5)10;;2-1(3)4/h1-8H;1-4H,(H,8,9);;/q;;+2;-1/p-1. The monoisotopic (exact) mass is 443 g/mol. The van der Waals surface area contributed by atoms with Crippen molar-refractivity contribution in [1.82, 2.24) is 9.97 Å². The van der Waals surface area contributed by atoms with E-state index in [-0.39, 0.29) is 27.5 Å². The molecule has 0 N–H and O–H groups in total. The van der Waals surface area contributed by atoms with Crippen LogP contribution >= 0.6 is 0 Å². The Morgan fingerprint density at radius 2 is 1.34 bits per heavy atom. The summed E-state index contributed by atoms with van der Waals surface area (Å²) in [6.45, 7) is 0. The summed E-state index contributed by atoms with van der Waals surface area (Å²) in [5.74, 6) is -1.46. The van der Waals surface area contributed by atoms with Crippen molar-refractivity contribution in [3.05, 3.63) is 99.4 Å². The molecule has 1 radical (unpaired) electrons. The molecule has 11 heteroatoms. The van der Waals surface area contributed by atoms with E-state index >= 15 is 0 Å². The Balaban J connectivity index is 0.000000248. The maximum absolute atomic E-state index is 10.6. The number of carboxylic acids is 1. The molecule has 4 rings (SSSR count). The predicted molar refractivity (Wildman–Crippen MR) is 97.1 cm³/mol. The number of carbonyl (C=O) groups is 1. The van der Waals surface area contributed by atoms with E-state index in [0.29, 0.717) is 0 Å². The fraction of sp³-hybridized carbons (Fsp3) is 0. The maximum Gasteiger partial charge on any atom is 2.00 e. The molecule has 0 amide bonds. The van der Waals surface area contributed by atoms with E-state index in [9.17, 15) is 15.1 Å². The fourth-order valence-electron chi connectivity index (χ4n) is 2.27. The number of hydrogen-bond donors (Lipinski definition) is 0. The van der Waals surface area contributed by atoms with Gasteiger partial charge in [-0.2, -0.15) is 4.73 Å². The summed E-state index contributed by atoms with van der Waals surface area (Å²) in [6.07, 6.45) is 4.71. The zero-order valence-corrected chi connectivity index (χ0v) is 15.4. The van der Waals surface area contributed by atoms with Gasteiger partial charge in [-0.05, 0) is 18.2 Å². The summed E-state index contributed by atoms with van der Waals surface area (Å²) in [4.78, 5) is 27.0. The van der Waals surface area contributed by atoms with Gasteiger partial charge in [-0.15, -0.1) is 0 Å². The van der Waals surface area contributed by atoms with Gasteiger partial charge in [0, 0.05) is 35.3 Å². The Morgan fingerprint density at radius 3 is 1.72 bits per heavy atom. The summed E-state index contributed by atoms with van der Waals surface area (Å²) in [7, 11) is 0. The summed E-state index contributed by atoms with van der Waals surface area (Å²) in [5.41, 5.74) is 1.58. The molecule has 0 saturated carbocycles.